The first kappa shape index (κ1) is 14.1. The van der Waals surface area contributed by atoms with Crippen molar-refractivity contribution in [2.45, 2.75) is 25.1 Å². The van der Waals surface area contributed by atoms with Gasteiger partial charge in [-0.25, -0.2) is 0 Å². The molecule has 2 N–H and O–H groups in total. The van der Waals surface area contributed by atoms with E-state index < -0.39 is 0 Å². The summed E-state index contributed by atoms with van der Waals surface area (Å²) in [5, 5.41) is 11.9. The van der Waals surface area contributed by atoms with Crippen molar-refractivity contribution in [1.82, 2.24) is 5.32 Å². The zero-order valence-electron chi connectivity index (χ0n) is 10.1. The minimum atomic E-state index is 0.0450. The Bertz CT molecular complexity index is 329. The summed E-state index contributed by atoms with van der Waals surface area (Å²) in [6.07, 6.45) is 0.733. The second kappa shape index (κ2) is 8.14. The van der Waals surface area contributed by atoms with Crippen molar-refractivity contribution >= 4 is 17.7 Å². The summed E-state index contributed by atoms with van der Waals surface area (Å²) >= 11 is 1.57. The largest absolute Gasteiger partial charge is 0.396 e. The van der Waals surface area contributed by atoms with E-state index in [0.717, 1.165) is 12.0 Å². The molecule has 0 aliphatic heterocycles. The molecule has 0 aliphatic rings. The predicted octanol–water partition coefficient (Wildman–Crippen LogP) is 1.81. The van der Waals surface area contributed by atoms with Gasteiger partial charge in [0.1, 0.15) is 0 Å². The number of amides is 1. The lowest BCUT2D eigenvalue weighted by Gasteiger charge is -2.09. The lowest BCUT2D eigenvalue weighted by Crippen LogP contribution is -2.25. The van der Waals surface area contributed by atoms with Gasteiger partial charge < -0.3 is 10.4 Å². The molecule has 0 radical (unpaired) electrons. The van der Waals surface area contributed by atoms with E-state index in [9.17, 15) is 4.79 Å². The van der Waals surface area contributed by atoms with E-state index in [2.05, 4.69) is 5.32 Å². The minimum absolute atomic E-state index is 0.0450. The molecule has 17 heavy (non-hydrogen) atoms. The zero-order chi connectivity index (χ0) is 12.5. The zero-order valence-corrected chi connectivity index (χ0v) is 10.9. The maximum absolute atomic E-state index is 11.5. The molecule has 0 fully saturated rings. The van der Waals surface area contributed by atoms with Gasteiger partial charge in [0.2, 0.25) is 5.91 Å². The molecule has 0 heterocycles. The Hall–Kier alpha value is -1.00. The molecule has 0 aromatic heterocycles. The molecule has 0 saturated heterocycles. The third-order valence-corrected chi connectivity index (χ3v) is 3.60. The van der Waals surface area contributed by atoms with Gasteiger partial charge in [-0.15, -0.1) is 11.8 Å². The van der Waals surface area contributed by atoms with Crippen LogP contribution in [-0.4, -0.2) is 28.6 Å². The Morgan fingerprint density at radius 3 is 2.76 bits per heavy atom. The van der Waals surface area contributed by atoms with Crippen LogP contribution in [0.4, 0.5) is 0 Å². The maximum Gasteiger partial charge on any atom is 0.230 e. The predicted molar refractivity (Wildman–Crippen MR) is 71.9 cm³/mol. The lowest BCUT2D eigenvalue weighted by atomic mass is 10.2. The van der Waals surface area contributed by atoms with E-state index >= 15 is 0 Å². The van der Waals surface area contributed by atoms with Gasteiger partial charge in [0.15, 0.2) is 0 Å². The van der Waals surface area contributed by atoms with Gasteiger partial charge in [-0.05, 0) is 12.0 Å². The van der Waals surface area contributed by atoms with Crippen LogP contribution in [0.25, 0.3) is 0 Å². The molecule has 4 heteroatoms. The summed E-state index contributed by atoms with van der Waals surface area (Å²) < 4.78 is 0. The quantitative estimate of drug-likeness (QED) is 0.779. The number of hydrogen-bond acceptors (Lipinski definition) is 3. The number of thioether (sulfide) groups is 1. The van der Waals surface area contributed by atoms with Gasteiger partial charge in [-0.3, -0.25) is 4.79 Å². The minimum Gasteiger partial charge on any atom is -0.396 e. The molecule has 0 spiro atoms. The Labute approximate surface area is 107 Å². The second-order valence-corrected chi connectivity index (χ2v) is 5.32. The fourth-order valence-electron chi connectivity index (χ4n) is 1.33. The average Bonchev–Trinajstić information content (AvgIpc) is 2.35. The van der Waals surface area contributed by atoms with E-state index in [1.165, 1.54) is 0 Å². The van der Waals surface area contributed by atoms with Crippen molar-refractivity contribution in [3.05, 3.63) is 35.9 Å². The first-order valence-electron chi connectivity index (χ1n) is 5.75. The number of carbonyl (C=O) groups excluding carboxylic acids is 1. The molecular formula is C13H19NO2S. The summed E-state index contributed by atoms with van der Waals surface area (Å²) in [6, 6.07) is 9.85. The Balaban J connectivity index is 2.17. The van der Waals surface area contributed by atoms with Crippen LogP contribution in [0.1, 0.15) is 18.9 Å². The number of carbonyl (C=O) groups is 1. The Kier molecular flexibility index (Phi) is 6.74. The molecule has 1 unspecified atom stereocenters. The highest BCUT2D eigenvalue weighted by atomic mass is 32.2. The molecule has 0 aliphatic carbocycles. The van der Waals surface area contributed by atoms with Gasteiger partial charge in [0, 0.05) is 18.4 Å². The van der Waals surface area contributed by atoms with Crippen LogP contribution in [0.15, 0.2) is 30.3 Å². The van der Waals surface area contributed by atoms with Crippen LogP contribution in [-0.2, 0) is 11.3 Å². The SMILES string of the molecule is CC(CCO)SCC(=O)NCc1ccccc1. The van der Waals surface area contributed by atoms with Crippen LogP contribution >= 0.6 is 11.8 Å². The molecule has 0 saturated carbocycles. The topological polar surface area (TPSA) is 49.3 Å². The number of benzene rings is 1. The summed E-state index contributed by atoms with van der Waals surface area (Å²) in [4.78, 5) is 11.5. The first-order chi connectivity index (χ1) is 8.22. The molecule has 94 valence electrons. The summed E-state index contributed by atoms with van der Waals surface area (Å²) in [5.74, 6) is 0.497. The van der Waals surface area contributed by atoms with Gasteiger partial charge in [0.25, 0.3) is 0 Å². The van der Waals surface area contributed by atoms with Gasteiger partial charge in [0.05, 0.1) is 5.75 Å². The Morgan fingerprint density at radius 2 is 2.12 bits per heavy atom. The summed E-state index contributed by atoms with van der Waals surface area (Å²) in [5.41, 5.74) is 1.11. The van der Waals surface area contributed by atoms with Crippen molar-refractivity contribution < 1.29 is 9.90 Å². The number of aliphatic hydroxyl groups excluding tert-OH is 1. The molecule has 1 atom stereocenters. The van der Waals surface area contributed by atoms with Crippen molar-refractivity contribution in [2.75, 3.05) is 12.4 Å². The molecule has 1 aromatic rings. The maximum atomic E-state index is 11.5. The number of hydrogen-bond donors (Lipinski definition) is 2. The normalized spacial score (nSPS) is 12.1. The van der Waals surface area contributed by atoms with Crippen LogP contribution in [0.5, 0.6) is 0 Å². The summed E-state index contributed by atoms with van der Waals surface area (Å²) in [7, 11) is 0. The Morgan fingerprint density at radius 1 is 1.41 bits per heavy atom. The van der Waals surface area contributed by atoms with Gasteiger partial charge >= 0.3 is 0 Å². The first-order valence-corrected chi connectivity index (χ1v) is 6.80. The fourth-order valence-corrected chi connectivity index (χ4v) is 2.14. The standard InChI is InChI=1S/C13H19NO2S/c1-11(7-8-15)17-10-13(16)14-9-12-5-3-2-4-6-12/h2-6,11,15H,7-10H2,1H3,(H,14,16). The monoisotopic (exact) mass is 253 g/mol. The van der Waals surface area contributed by atoms with Crippen molar-refractivity contribution in [3.63, 3.8) is 0 Å². The second-order valence-electron chi connectivity index (χ2n) is 3.90. The number of nitrogens with one attached hydrogen (secondary N) is 1. The lowest BCUT2D eigenvalue weighted by molar-refractivity contribution is -0.118. The van der Waals surface area contributed by atoms with Crippen molar-refractivity contribution in [3.8, 4) is 0 Å². The van der Waals surface area contributed by atoms with E-state index in [1.807, 2.05) is 37.3 Å². The van der Waals surface area contributed by atoms with Crippen LogP contribution in [0.3, 0.4) is 0 Å². The molecule has 1 amide bonds. The van der Waals surface area contributed by atoms with Gasteiger partial charge in [-0.1, -0.05) is 37.3 Å². The molecule has 1 rings (SSSR count). The summed E-state index contributed by atoms with van der Waals surface area (Å²) in [6.45, 7) is 2.78. The van der Waals surface area contributed by atoms with Crippen LogP contribution < -0.4 is 5.32 Å². The van der Waals surface area contributed by atoms with E-state index in [1.54, 1.807) is 11.8 Å². The van der Waals surface area contributed by atoms with Gasteiger partial charge in [-0.2, -0.15) is 0 Å². The van der Waals surface area contributed by atoms with E-state index in [4.69, 9.17) is 5.11 Å². The fraction of sp³-hybridized carbons (Fsp3) is 0.462. The molecule has 3 nitrogen and oxygen atoms in total. The highest BCUT2D eigenvalue weighted by molar-refractivity contribution is 8.00. The number of aliphatic hydroxyl groups is 1. The molecule has 1 aromatic carbocycles. The third kappa shape index (κ3) is 6.34. The molecular weight excluding hydrogens is 234 g/mol. The van der Waals surface area contributed by atoms with Crippen molar-refractivity contribution in [2.24, 2.45) is 0 Å². The number of rotatable bonds is 7. The van der Waals surface area contributed by atoms with E-state index in [0.29, 0.717) is 17.5 Å². The highest BCUT2D eigenvalue weighted by Crippen LogP contribution is 2.12. The average molecular weight is 253 g/mol. The van der Waals surface area contributed by atoms with E-state index in [-0.39, 0.29) is 12.5 Å². The smallest absolute Gasteiger partial charge is 0.230 e. The van der Waals surface area contributed by atoms with Crippen LogP contribution in [0, 0.1) is 0 Å². The molecule has 0 bridgehead atoms. The van der Waals surface area contributed by atoms with Crippen LogP contribution in [0.2, 0.25) is 0 Å². The third-order valence-electron chi connectivity index (χ3n) is 2.37. The van der Waals surface area contributed by atoms with Crippen molar-refractivity contribution in [1.29, 1.82) is 0 Å². The highest BCUT2D eigenvalue weighted by Gasteiger charge is 2.06.